The zero-order valence-corrected chi connectivity index (χ0v) is 24.5. The van der Waals surface area contributed by atoms with Gasteiger partial charge in [0, 0.05) is 30.1 Å². The maximum absolute atomic E-state index is 12.3. The number of sulfone groups is 1. The number of hydrogen-bond donors (Lipinski definition) is 4. The number of rotatable bonds is 6. The van der Waals surface area contributed by atoms with Gasteiger partial charge in [-0.1, -0.05) is 23.2 Å². The van der Waals surface area contributed by atoms with Gasteiger partial charge in [0.2, 0.25) is 5.91 Å². The van der Waals surface area contributed by atoms with E-state index in [4.69, 9.17) is 28.3 Å². The third-order valence-corrected chi connectivity index (χ3v) is 9.17. The summed E-state index contributed by atoms with van der Waals surface area (Å²) in [5, 5.41) is 14.3. The lowest BCUT2D eigenvalue weighted by Gasteiger charge is -2.21. The lowest BCUT2D eigenvalue weighted by atomic mass is 9.86. The fourth-order valence-corrected chi connectivity index (χ4v) is 6.69. The van der Waals surface area contributed by atoms with E-state index in [-0.39, 0.29) is 23.5 Å². The van der Waals surface area contributed by atoms with Crippen molar-refractivity contribution in [3.63, 3.8) is 0 Å². The molecule has 2 aliphatic carbocycles. The number of carbonyl (C=O) groups is 2. The van der Waals surface area contributed by atoms with Crippen LogP contribution in [0, 0.1) is 11.8 Å². The van der Waals surface area contributed by atoms with Gasteiger partial charge in [0.05, 0.1) is 22.4 Å². The zero-order chi connectivity index (χ0) is 29.3. The Morgan fingerprint density at radius 3 is 1.95 bits per heavy atom. The van der Waals surface area contributed by atoms with E-state index in [9.17, 15) is 18.0 Å². The minimum Gasteiger partial charge on any atom is -0.481 e. The number of carboxylic acid groups (broad SMARTS) is 1. The summed E-state index contributed by atoms with van der Waals surface area (Å²) < 4.78 is 22.2. The lowest BCUT2D eigenvalue weighted by Crippen LogP contribution is -2.35. The van der Waals surface area contributed by atoms with Crippen LogP contribution in [-0.4, -0.2) is 73.9 Å². The molecule has 2 aliphatic rings. The molecule has 218 valence electrons. The number of carboxylic acids is 1. The van der Waals surface area contributed by atoms with Crippen molar-refractivity contribution in [2.24, 2.45) is 11.8 Å². The summed E-state index contributed by atoms with van der Waals surface area (Å²) in [5.41, 5.74) is 5.48. The minimum atomic E-state index is -2.99. The largest absolute Gasteiger partial charge is 0.481 e. The molecule has 4 N–H and O–H groups in total. The fourth-order valence-electron chi connectivity index (χ4n) is 5.53. The Hall–Kier alpha value is -3.29. The first-order chi connectivity index (χ1) is 19.5. The third-order valence-electron chi connectivity index (χ3n) is 7.57. The lowest BCUT2D eigenvalue weighted by molar-refractivity contribution is -0.142. The molecule has 0 saturated heterocycles. The Morgan fingerprint density at radius 1 is 0.927 bits per heavy atom. The van der Waals surface area contributed by atoms with Gasteiger partial charge in [-0.05, 0) is 56.1 Å². The Kier molecular flexibility index (Phi) is 8.48. The number of H-pyrrole nitrogens is 2. The highest BCUT2D eigenvalue weighted by molar-refractivity contribution is 7.90. The highest BCUT2D eigenvalue weighted by atomic mass is 35.5. The van der Waals surface area contributed by atoms with Crippen LogP contribution in [0.2, 0.25) is 10.3 Å². The van der Waals surface area contributed by atoms with Crippen LogP contribution in [0.4, 0.5) is 0 Å². The minimum absolute atomic E-state index is 0.0449. The maximum Gasteiger partial charge on any atom is 0.306 e. The van der Waals surface area contributed by atoms with Crippen molar-refractivity contribution < 1.29 is 23.1 Å². The number of nitrogens with one attached hydrogen (secondary N) is 3. The summed E-state index contributed by atoms with van der Waals surface area (Å²) in [6.45, 7) is 0.368. The molecular formula is C26H29Cl2N7O5S. The normalized spacial score (nSPS) is 18.3. The van der Waals surface area contributed by atoms with Gasteiger partial charge in [0.25, 0.3) is 0 Å². The molecule has 2 unspecified atom stereocenters. The number of aryl methyl sites for hydroxylation is 2. The molecule has 0 aromatic carbocycles. The number of fused-ring (bicyclic) bond motifs is 6. The Morgan fingerprint density at radius 2 is 1.44 bits per heavy atom. The standard InChI is InChI=1S/C15H19ClN4O3S.C11H10ClN3O2/c1-24(22,23)6-2-5-17-15(21)9-3-4-11-10(7-9)12-13(16)18-8-19-14(12)20-11;12-9-8-6-3-5(11(16)17)1-2-7(6)15-10(8)14-4-13-9/h8-9H,2-7H2,1H3,(H,17,21)(H,18,19,20);4-5H,1-3H2,(H,16,17)(H,13,14,15). The molecule has 4 aromatic heterocycles. The van der Waals surface area contributed by atoms with Crippen molar-refractivity contribution in [3.8, 4) is 0 Å². The molecule has 4 heterocycles. The molecule has 1 amide bonds. The highest BCUT2D eigenvalue weighted by Crippen LogP contribution is 2.35. The molecule has 12 nitrogen and oxygen atoms in total. The second kappa shape index (κ2) is 11.9. The van der Waals surface area contributed by atoms with Crippen molar-refractivity contribution in [1.29, 1.82) is 0 Å². The summed E-state index contributed by atoms with van der Waals surface area (Å²) >= 11 is 12.2. The smallest absolute Gasteiger partial charge is 0.306 e. The molecule has 0 spiro atoms. The van der Waals surface area contributed by atoms with Crippen LogP contribution in [-0.2, 0) is 45.1 Å². The van der Waals surface area contributed by atoms with Gasteiger partial charge < -0.3 is 20.4 Å². The van der Waals surface area contributed by atoms with E-state index in [1.807, 2.05) is 0 Å². The van der Waals surface area contributed by atoms with Crippen molar-refractivity contribution in [2.45, 2.75) is 44.9 Å². The monoisotopic (exact) mass is 621 g/mol. The van der Waals surface area contributed by atoms with Crippen LogP contribution in [0.15, 0.2) is 12.7 Å². The predicted octanol–water partition coefficient (Wildman–Crippen LogP) is 3.07. The predicted molar refractivity (Wildman–Crippen MR) is 154 cm³/mol. The fraction of sp³-hybridized carbons (Fsp3) is 0.462. The van der Waals surface area contributed by atoms with E-state index >= 15 is 0 Å². The van der Waals surface area contributed by atoms with E-state index in [0.717, 1.165) is 52.5 Å². The highest BCUT2D eigenvalue weighted by Gasteiger charge is 2.29. The number of aliphatic carboxylic acids is 1. The average Bonchev–Trinajstić information content (AvgIpc) is 3.49. The van der Waals surface area contributed by atoms with Crippen LogP contribution >= 0.6 is 23.2 Å². The van der Waals surface area contributed by atoms with Gasteiger partial charge in [-0.3, -0.25) is 9.59 Å². The van der Waals surface area contributed by atoms with Crippen LogP contribution in [0.3, 0.4) is 0 Å². The number of aromatic amines is 2. The quantitative estimate of drug-likeness (QED) is 0.185. The van der Waals surface area contributed by atoms with Crippen LogP contribution in [0.1, 0.15) is 41.8 Å². The first-order valence-corrected chi connectivity index (χ1v) is 16.0. The summed E-state index contributed by atoms with van der Waals surface area (Å²) in [6, 6.07) is 0. The Labute approximate surface area is 245 Å². The third kappa shape index (κ3) is 6.47. The van der Waals surface area contributed by atoms with Crippen molar-refractivity contribution in [1.82, 2.24) is 35.2 Å². The van der Waals surface area contributed by atoms with Crippen molar-refractivity contribution >= 4 is 67.0 Å². The maximum atomic E-state index is 12.3. The first kappa shape index (κ1) is 29.2. The van der Waals surface area contributed by atoms with Gasteiger partial charge >= 0.3 is 5.97 Å². The number of nitrogens with zero attached hydrogens (tertiary/aromatic N) is 4. The molecule has 6 rings (SSSR count). The van der Waals surface area contributed by atoms with Crippen LogP contribution in [0.25, 0.3) is 22.1 Å². The molecule has 0 radical (unpaired) electrons. The average molecular weight is 623 g/mol. The molecule has 0 aliphatic heterocycles. The van der Waals surface area contributed by atoms with Crippen molar-refractivity contribution in [3.05, 3.63) is 45.5 Å². The summed E-state index contributed by atoms with van der Waals surface area (Å²) in [5.74, 6) is -1.20. The van der Waals surface area contributed by atoms with E-state index in [2.05, 4.69) is 35.2 Å². The van der Waals surface area contributed by atoms with Gasteiger partial charge in [0.1, 0.15) is 44.1 Å². The van der Waals surface area contributed by atoms with Gasteiger partial charge in [-0.2, -0.15) is 0 Å². The van der Waals surface area contributed by atoms with Gasteiger partial charge in [-0.25, -0.2) is 28.4 Å². The zero-order valence-electron chi connectivity index (χ0n) is 22.2. The molecule has 2 atom stereocenters. The van der Waals surface area contributed by atoms with E-state index < -0.39 is 15.8 Å². The molecule has 0 saturated carbocycles. The summed E-state index contributed by atoms with van der Waals surface area (Å²) in [4.78, 5) is 46.1. The molecule has 0 fully saturated rings. The van der Waals surface area contributed by atoms with E-state index in [1.165, 1.54) is 18.9 Å². The first-order valence-electron chi connectivity index (χ1n) is 13.2. The number of aromatic nitrogens is 6. The van der Waals surface area contributed by atoms with Crippen molar-refractivity contribution in [2.75, 3.05) is 18.6 Å². The number of amides is 1. The number of carbonyl (C=O) groups excluding carboxylic acids is 1. The molecule has 41 heavy (non-hydrogen) atoms. The molecule has 0 bridgehead atoms. The Bertz CT molecular complexity index is 1740. The summed E-state index contributed by atoms with van der Waals surface area (Å²) in [7, 11) is -2.99. The number of hydrogen-bond acceptors (Lipinski definition) is 8. The second-order valence-corrected chi connectivity index (χ2v) is 13.4. The molecule has 15 heteroatoms. The Balaban J connectivity index is 0.000000174. The summed E-state index contributed by atoms with van der Waals surface area (Å²) in [6.07, 6.45) is 8.39. The molecular weight excluding hydrogens is 593 g/mol. The van der Waals surface area contributed by atoms with Gasteiger partial charge in [-0.15, -0.1) is 0 Å². The topological polar surface area (TPSA) is 184 Å². The van der Waals surface area contributed by atoms with Crippen LogP contribution < -0.4 is 5.32 Å². The molecule has 4 aromatic rings. The van der Waals surface area contributed by atoms with E-state index in [1.54, 1.807) is 0 Å². The second-order valence-electron chi connectivity index (χ2n) is 10.4. The van der Waals surface area contributed by atoms with E-state index in [0.29, 0.717) is 53.8 Å². The van der Waals surface area contributed by atoms with Gasteiger partial charge in [0.15, 0.2) is 0 Å². The SMILES string of the molecule is CS(=O)(=O)CCCNC(=O)C1CCc2[nH]c3ncnc(Cl)c3c2C1.O=C(O)C1CCc2[nH]c3ncnc(Cl)c3c2C1. The van der Waals surface area contributed by atoms with Crippen LogP contribution in [0.5, 0.6) is 0 Å². The number of halogens is 2.